The number of carbonyl (C=O) groups is 2. The molecule has 2 aromatic carbocycles. The van der Waals surface area contributed by atoms with E-state index in [1.54, 1.807) is 24.3 Å². The lowest BCUT2D eigenvalue weighted by atomic mass is 10.1. The van der Waals surface area contributed by atoms with Crippen molar-refractivity contribution in [1.82, 2.24) is 0 Å². The molecule has 0 atom stereocenters. The molecule has 0 aromatic heterocycles. The smallest absolute Gasteiger partial charge is 0.270 e. The largest absolute Gasteiger partial charge is 0.495 e. The summed E-state index contributed by atoms with van der Waals surface area (Å²) in [4.78, 5) is 37.3. The Morgan fingerprint density at radius 2 is 1.80 bits per heavy atom. The second-order valence-corrected chi connectivity index (χ2v) is 7.06. The number of nitro groups is 1. The Kier molecular flexibility index (Phi) is 6.51. The molecule has 0 saturated carbocycles. The number of hydrogen-bond acceptors (Lipinski definition) is 6. The van der Waals surface area contributed by atoms with Gasteiger partial charge in [0.2, 0.25) is 5.91 Å². The van der Waals surface area contributed by atoms with Crippen molar-refractivity contribution >= 4 is 34.6 Å². The van der Waals surface area contributed by atoms with E-state index < -0.39 is 10.8 Å². The number of hydrogen-bond donors (Lipinski definition) is 2. The van der Waals surface area contributed by atoms with E-state index in [4.69, 9.17) is 4.74 Å². The number of ether oxygens (including phenoxy) is 1. The highest BCUT2D eigenvalue weighted by Crippen LogP contribution is 2.31. The monoisotopic (exact) mass is 412 g/mol. The van der Waals surface area contributed by atoms with Gasteiger partial charge in [-0.15, -0.1) is 0 Å². The third-order valence-electron chi connectivity index (χ3n) is 4.90. The number of nitrogens with zero attached hydrogens (tertiary/aromatic N) is 2. The summed E-state index contributed by atoms with van der Waals surface area (Å²) in [6, 6.07) is 9.20. The first kappa shape index (κ1) is 21.1. The molecule has 0 unspecified atom stereocenters. The Morgan fingerprint density at radius 3 is 2.43 bits per heavy atom. The second-order valence-electron chi connectivity index (χ2n) is 7.06. The van der Waals surface area contributed by atoms with Crippen molar-refractivity contribution in [2.24, 2.45) is 0 Å². The maximum atomic E-state index is 13.1. The number of carbonyl (C=O) groups excluding carboxylic acids is 2. The van der Waals surface area contributed by atoms with Crippen LogP contribution in [0.25, 0.3) is 0 Å². The van der Waals surface area contributed by atoms with E-state index in [-0.39, 0.29) is 17.2 Å². The Labute approximate surface area is 174 Å². The molecule has 2 N–H and O–H groups in total. The predicted molar refractivity (Wildman–Crippen MR) is 114 cm³/mol. The van der Waals surface area contributed by atoms with Crippen LogP contribution in [0.1, 0.15) is 36.5 Å². The summed E-state index contributed by atoms with van der Waals surface area (Å²) in [6.07, 6.45) is 3.15. The van der Waals surface area contributed by atoms with Crippen LogP contribution in [0.3, 0.4) is 0 Å². The number of rotatable bonds is 6. The minimum atomic E-state index is -0.515. The van der Waals surface area contributed by atoms with Gasteiger partial charge in [0.1, 0.15) is 5.75 Å². The normalized spacial score (nSPS) is 13.5. The molecule has 1 fully saturated rings. The average molecular weight is 412 g/mol. The molecule has 0 aliphatic carbocycles. The van der Waals surface area contributed by atoms with Gasteiger partial charge in [-0.05, 0) is 43.5 Å². The van der Waals surface area contributed by atoms with E-state index >= 15 is 0 Å². The molecule has 30 heavy (non-hydrogen) atoms. The van der Waals surface area contributed by atoms with Gasteiger partial charge in [0, 0.05) is 37.8 Å². The first-order valence-corrected chi connectivity index (χ1v) is 9.69. The molecule has 2 amide bonds. The van der Waals surface area contributed by atoms with Crippen molar-refractivity contribution in [3.05, 3.63) is 52.1 Å². The van der Waals surface area contributed by atoms with Gasteiger partial charge in [0.25, 0.3) is 11.6 Å². The molecule has 1 saturated heterocycles. The molecule has 0 spiro atoms. The highest BCUT2D eigenvalue weighted by Gasteiger charge is 2.22. The van der Waals surface area contributed by atoms with E-state index in [1.807, 2.05) is 0 Å². The minimum Gasteiger partial charge on any atom is -0.495 e. The second kappa shape index (κ2) is 9.25. The van der Waals surface area contributed by atoms with Crippen molar-refractivity contribution in [1.29, 1.82) is 0 Å². The van der Waals surface area contributed by atoms with Crippen LogP contribution in [-0.4, -0.2) is 36.9 Å². The molecule has 1 aliphatic heterocycles. The number of benzene rings is 2. The van der Waals surface area contributed by atoms with E-state index in [9.17, 15) is 19.7 Å². The molecule has 1 heterocycles. The highest BCUT2D eigenvalue weighted by molar-refractivity contribution is 6.09. The van der Waals surface area contributed by atoms with Gasteiger partial charge in [-0.25, -0.2) is 0 Å². The Balaban J connectivity index is 1.92. The summed E-state index contributed by atoms with van der Waals surface area (Å²) in [6.45, 7) is 2.97. The zero-order valence-electron chi connectivity index (χ0n) is 16.9. The fourth-order valence-corrected chi connectivity index (χ4v) is 3.50. The van der Waals surface area contributed by atoms with Crippen LogP contribution in [0.4, 0.5) is 22.7 Å². The van der Waals surface area contributed by atoms with Gasteiger partial charge in [-0.1, -0.05) is 0 Å². The van der Waals surface area contributed by atoms with Gasteiger partial charge >= 0.3 is 0 Å². The molecular formula is C21H24N4O5. The van der Waals surface area contributed by atoms with Crippen LogP contribution < -0.4 is 20.3 Å². The van der Waals surface area contributed by atoms with Gasteiger partial charge in [-0.2, -0.15) is 0 Å². The summed E-state index contributed by atoms with van der Waals surface area (Å²) in [5.74, 6) is -0.284. The third kappa shape index (κ3) is 4.86. The number of non-ortho nitro benzene ring substituents is 1. The molecular weight excluding hydrogens is 388 g/mol. The average Bonchev–Trinajstić information content (AvgIpc) is 2.73. The molecule has 9 nitrogen and oxygen atoms in total. The number of methoxy groups -OCH3 is 1. The molecule has 3 rings (SSSR count). The lowest BCUT2D eigenvalue weighted by Crippen LogP contribution is -2.31. The topological polar surface area (TPSA) is 114 Å². The fourth-order valence-electron chi connectivity index (χ4n) is 3.50. The van der Waals surface area contributed by atoms with E-state index in [2.05, 4.69) is 15.5 Å². The summed E-state index contributed by atoms with van der Waals surface area (Å²) >= 11 is 0. The summed E-state index contributed by atoms with van der Waals surface area (Å²) < 4.78 is 5.22. The van der Waals surface area contributed by atoms with Crippen molar-refractivity contribution in [2.75, 3.05) is 35.7 Å². The van der Waals surface area contributed by atoms with Gasteiger partial charge in [0.05, 0.1) is 29.0 Å². The summed E-state index contributed by atoms with van der Waals surface area (Å²) in [5.41, 5.74) is 1.62. The van der Waals surface area contributed by atoms with Crippen LogP contribution in [0.2, 0.25) is 0 Å². The van der Waals surface area contributed by atoms with Crippen molar-refractivity contribution in [3.8, 4) is 5.75 Å². The SMILES string of the molecule is COc1ccc(NC(=O)c2cc([N+](=O)[O-])ccc2N2CCCCC2)cc1NC(C)=O. The number of anilines is 3. The summed E-state index contributed by atoms with van der Waals surface area (Å²) in [7, 11) is 1.48. The molecule has 1 aliphatic rings. The molecule has 9 heteroatoms. The molecule has 2 aromatic rings. The van der Waals surface area contributed by atoms with Crippen LogP contribution in [0.5, 0.6) is 5.75 Å². The molecule has 0 radical (unpaired) electrons. The van der Waals surface area contributed by atoms with Gasteiger partial charge in [-0.3, -0.25) is 19.7 Å². The summed E-state index contributed by atoms with van der Waals surface area (Å²) in [5, 5.41) is 16.7. The first-order valence-electron chi connectivity index (χ1n) is 9.69. The van der Waals surface area contributed by atoms with E-state index in [0.717, 1.165) is 32.4 Å². The maximum Gasteiger partial charge on any atom is 0.270 e. The van der Waals surface area contributed by atoms with Gasteiger partial charge < -0.3 is 20.3 Å². The standard InChI is InChI=1S/C21H24N4O5/c1-14(26)22-18-12-15(6-9-20(18)30-2)23-21(27)17-13-16(25(28)29)7-8-19(17)24-10-4-3-5-11-24/h6-9,12-13H,3-5,10-11H2,1-2H3,(H,22,26)(H,23,27). The quantitative estimate of drug-likeness (QED) is 0.551. The number of amides is 2. The maximum absolute atomic E-state index is 13.1. The number of nitro benzene ring substituents is 1. The molecule has 0 bridgehead atoms. The van der Waals surface area contributed by atoms with Gasteiger partial charge in [0.15, 0.2) is 0 Å². The van der Waals surface area contributed by atoms with Crippen LogP contribution in [0, 0.1) is 10.1 Å². The number of piperidine rings is 1. The number of nitrogens with one attached hydrogen (secondary N) is 2. The Morgan fingerprint density at radius 1 is 1.07 bits per heavy atom. The Hall–Kier alpha value is -3.62. The van der Waals surface area contributed by atoms with Crippen molar-refractivity contribution < 1.29 is 19.2 Å². The van der Waals surface area contributed by atoms with Crippen LogP contribution in [0.15, 0.2) is 36.4 Å². The third-order valence-corrected chi connectivity index (χ3v) is 4.90. The lowest BCUT2D eigenvalue weighted by Gasteiger charge is -2.30. The van der Waals surface area contributed by atoms with Crippen LogP contribution >= 0.6 is 0 Å². The minimum absolute atomic E-state index is 0.144. The zero-order valence-corrected chi connectivity index (χ0v) is 16.9. The van der Waals surface area contributed by atoms with Crippen LogP contribution in [-0.2, 0) is 4.79 Å². The van der Waals surface area contributed by atoms with Crippen molar-refractivity contribution in [2.45, 2.75) is 26.2 Å². The molecule has 158 valence electrons. The first-order chi connectivity index (χ1) is 14.4. The Bertz CT molecular complexity index is 970. The highest BCUT2D eigenvalue weighted by atomic mass is 16.6. The van der Waals surface area contributed by atoms with E-state index in [0.29, 0.717) is 22.8 Å². The van der Waals surface area contributed by atoms with E-state index in [1.165, 1.54) is 26.2 Å². The zero-order chi connectivity index (χ0) is 21.7. The van der Waals surface area contributed by atoms with Crippen molar-refractivity contribution in [3.63, 3.8) is 0 Å². The lowest BCUT2D eigenvalue weighted by molar-refractivity contribution is -0.384. The predicted octanol–water partition coefficient (Wildman–Crippen LogP) is 3.80. The fraction of sp³-hybridized carbons (Fsp3) is 0.333.